The number of nitrogens with zero attached hydrogens (tertiary/aromatic N) is 2. The van der Waals surface area contributed by atoms with Crippen LogP contribution < -0.4 is 0 Å². The minimum Gasteiger partial charge on any atom is -0.244 e. The van der Waals surface area contributed by atoms with Gasteiger partial charge in [0.05, 0.1) is 5.69 Å². The maximum atomic E-state index is 4.20. The zero-order chi connectivity index (χ0) is 7.26. The third kappa shape index (κ3) is 0.666. The Labute approximate surface area is 65.0 Å². The fourth-order valence-electron chi connectivity index (χ4n) is 1.77. The van der Waals surface area contributed by atoms with Gasteiger partial charge in [0.15, 0.2) is 0 Å². The first-order valence-electron chi connectivity index (χ1n) is 3.93. The van der Waals surface area contributed by atoms with Gasteiger partial charge in [0.25, 0.3) is 0 Å². The molecule has 2 aliphatic rings. The van der Waals surface area contributed by atoms with Crippen molar-refractivity contribution in [1.29, 1.82) is 0 Å². The largest absolute Gasteiger partial charge is 0.244 e. The molecule has 1 aromatic rings. The predicted octanol–water partition coefficient (Wildman–Crippen LogP) is 1.61. The fraction of sp³-hybridized carbons (Fsp3) is 0.333. The number of fused-ring (bicyclic) bond motifs is 3. The molecule has 2 heteroatoms. The van der Waals surface area contributed by atoms with Crippen molar-refractivity contribution in [1.82, 2.24) is 9.97 Å². The van der Waals surface area contributed by atoms with Crippen LogP contribution in [0.15, 0.2) is 18.6 Å². The van der Waals surface area contributed by atoms with Crippen molar-refractivity contribution >= 4 is 6.08 Å². The molecule has 2 unspecified atom stereocenters. The molecule has 0 amide bonds. The molecular formula is C9H8N2. The van der Waals surface area contributed by atoms with Gasteiger partial charge in [-0.1, -0.05) is 6.08 Å². The summed E-state index contributed by atoms with van der Waals surface area (Å²) in [6.07, 6.45) is 9.25. The molecule has 1 saturated carbocycles. The average Bonchev–Trinajstić information content (AvgIpc) is 2.83. The van der Waals surface area contributed by atoms with Crippen LogP contribution in [0, 0.1) is 5.92 Å². The van der Waals surface area contributed by atoms with E-state index in [1.54, 1.807) is 6.33 Å². The Morgan fingerprint density at radius 3 is 3.45 bits per heavy atom. The van der Waals surface area contributed by atoms with Gasteiger partial charge in [0.1, 0.15) is 6.33 Å². The molecule has 0 bridgehead atoms. The summed E-state index contributed by atoms with van der Waals surface area (Å²) in [5.41, 5.74) is 2.47. The maximum absolute atomic E-state index is 4.20. The zero-order valence-corrected chi connectivity index (χ0v) is 6.07. The van der Waals surface area contributed by atoms with Crippen LogP contribution in [-0.2, 0) is 0 Å². The Hall–Kier alpha value is -1.18. The molecule has 0 spiro atoms. The summed E-state index contributed by atoms with van der Waals surface area (Å²) in [5, 5.41) is 0. The van der Waals surface area contributed by atoms with Crippen molar-refractivity contribution in [2.24, 2.45) is 5.92 Å². The van der Waals surface area contributed by atoms with Gasteiger partial charge in [-0.25, -0.2) is 9.97 Å². The molecule has 2 nitrogen and oxygen atoms in total. The number of allylic oxidation sites excluding steroid dienone is 1. The molecule has 0 radical (unpaired) electrons. The summed E-state index contributed by atoms with van der Waals surface area (Å²) in [6.45, 7) is 0. The minimum atomic E-state index is 0.746. The molecule has 0 aliphatic heterocycles. The molecule has 2 aliphatic carbocycles. The molecule has 0 aromatic carbocycles. The van der Waals surface area contributed by atoms with Crippen molar-refractivity contribution in [3.8, 4) is 0 Å². The first-order valence-corrected chi connectivity index (χ1v) is 3.93. The Morgan fingerprint density at radius 1 is 1.45 bits per heavy atom. The SMILES string of the molecule is C1=CC2CC2c2cncnc21. The summed E-state index contributed by atoms with van der Waals surface area (Å²) in [6, 6.07) is 0. The number of hydrogen-bond donors (Lipinski definition) is 0. The van der Waals surface area contributed by atoms with Crippen LogP contribution in [0.3, 0.4) is 0 Å². The Balaban J connectivity index is 2.24. The van der Waals surface area contributed by atoms with E-state index in [-0.39, 0.29) is 0 Å². The van der Waals surface area contributed by atoms with Gasteiger partial charge in [0.2, 0.25) is 0 Å². The predicted molar refractivity (Wildman–Crippen MR) is 41.9 cm³/mol. The highest BCUT2D eigenvalue weighted by Gasteiger charge is 2.39. The second kappa shape index (κ2) is 1.70. The zero-order valence-electron chi connectivity index (χ0n) is 6.07. The molecule has 0 saturated heterocycles. The van der Waals surface area contributed by atoms with Gasteiger partial charge >= 0.3 is 0 Å². The highest BCUT2D eigenvalue weighted by Crippen LogP contribution is 2.51. The van der Waals surface area contributed by atoms with Crippen LogP contribution in [0.25, 0.3) is 6.08 Å². The lowest BCUT2D eigenvalue weighted by molar-refractivity contribution is 0.948. The molecule has 11 heavy (non-hydrogen) atoms. The van der Waals surface area contributed by atoms with E-state index in [0.29, 0.717) is 0 Å². The van der Waals surface area contributed by atoms with Crippen LogP contribution in [0.2, 0.25) is 0 Å². The van der Waals surface area contributed by atoms with Gasteiger partial charge in [-0.2, -0.15) is 0 Å². The van der Waals surface area contributed by atoms with Crippen LogP contribution in [0.1, 0.15) is 23.6 Å². The molecule has 54 valence electrons. The van der Waals surface area contributed by atoms with E-state index in [0.717, 1.165) is 17.5 Å². The first kappa shape index (κ1) is 5.47. The fourth-order valence-corrected chi connectivity index (χ4v) is 1.77. The Kier molecular flexibility index (Phi) is 0.844. The smallest absolute Gasteiger partial charge is 0.116 e. The quantitative estimate of drug-likeness (QED) is 0.552. The van der Waals surface area contributed by atoms with Gasteiger partial charge in [-0.15, -0.1) is 0 Å². The highest BCUT2D eigenvalue weighted by molar-refractivity contribution is 5.56. The van der Waals surface area contributed by atoms with Crippen LogP contribution >= 0.6 is 0 Å². The lowest BCUT2D eigenvalue weighted by Crippen LogP contribution is -1.95. The van der Waals surface area contributed by atoms with E-state index in [9.17, 15) is 0 Å². The molecule has 3 rings (SSSR count). The third-order valence-electron chi connectivity index (χ3n) is 2.51. The Morgan fingerprint density at radius 2 is 2.45 bits per heavy atom. The van der Waals surface area contributed by atoms with Crippen molar-refractivity contribution in [3.63, 3.8) is 0 Å². The van der Waals surface area contributed by atoms with Gasteiger partial charge in [-0.05, 0) is 29.9 Å². The monoisotopic (exact) mass is 144 g/mol. The molecular weight excluding hydrogens is 136 g/mol. The molecule has 1 aromatic heterocycles. The molecule has 0 N–H and O–H groups in total. The summed E-state index contributed by atoms with van der Waals surface area (Å²) in [5.74, 6) is 1.55. The van der Waals surface area contributed by atoms with E-state index < -0.39 is 0 Å². The second-order valence-corrected chi connectivity index (χ2v) is 3.23. The maximum Gasteiger partial charge on any atom is 0.116 e. The van der Waals surface area contributed by atoms with E-state index in [1.165, 1.54) is 12.0 Å². The van der Waals surface area contributed by atoms with Crippen molar-refractivity contribution in [2.45, 2.75) is 12.3 Å². The van der Waals surface area contributed by atoms with Crippen LogP contribution in [-0.4, -0.2) is 9.97 Å². The van der Waals surface area contributed by atoms with Crippen LogP contribution in [0.4, 0.5) is 0 Å². The lowest BCUT2D eigenvalue weighted by Gasteiger charge is -2.05. The second-order valence-electron chi connectivity index (χ2n) is 3.23. The van der Waals surface area contributed by atoms with Gasteiger partial charge in [0, 0.05) is 6.20 Å². The highest BCUT2D eigenvalue weighted by atomic mass is 14.8. The first-order chi connectivity index (χ1) is 5.45. The molecule has 1 heterocycles. The van der Waals surface area contributed by atoms with Gasteiger partial charge in [-0.3, -0.25) is 0 Å². The van der Waals surface area contributed by atoms with E-state index in [2.05, 4.69) is 22.1 Å². The van der Waals surface area contributed by atoms with Crippen molar-refractivity contribution < 1.29 is 0 Å². The lowest BCUT2D eigenvalue weighted by atomic mass is 10.0. The number of hydrogen-bond acceptors (Lipinski definition) is 2. The standard InChI is InChI=1S/C9H8N2/c1-2-9-8(4-10-5-11-9)7-3-6(1)7/h1-2,4-7H,3H2. The summed E-state index contributed by atoms with van der Waals surface area (Å²) in [7, 11) is 0. The van der Waals surface area contributed by atoms with E-state index in [4.69, 9.17) is 0 Å². The van der Waals surface area contributed by atoms with Gasteiger partial charge < -0.3 is 0 Å². The minimum absolute atomic E-state index is 0.746. The van der Waals surface area contributed by atoms with Crippen molar-refractivity contribution in [3.05, 3.63) is 29.9 Å². The molecule has 1 fully saturated rings. The summed E-state index contributed by atoms with van der Waals surface area (Å²) in [4.78, 5) is 8.23. The van der Waals surface area contributed by atoms with E-state index in [1.807, 2.05) is 6.20 Å². The topological polar surface area (TPSA) is 25.8 Å². The number of rotatable bonds is 0. The normalized spacial score (nSPS) is 30.9. The number of aromatic nitrogens is 2. The van der Waals surface area contributed by atoms with Crippen molar-refractivity contribution in [2.75, 3.05) is 0 Å². The summed E-state index contributed by atoms with van der Waals surface area (Å²) >= 11 is 0. The Bertz CT molecular complexity index is 330. The third-order valence-corrected chi connectivity index (χ3v) is 2.51. The van der Waals surface area contributed by atoms with E-state index >= 15 is 0 Å². The average molecular weight is 144 g/mol. The van der Waals surface area contributed by atoms with Crippen LogP contribution in [0.5, 0.6) is 0 Å². The molecule has 2 atom stereocenters. The summed E-state index contributed by atoms with van der Waals surface area (Å²) < 4.78 is 0.